The highest BCUT2D eigenvalue weighted by Crippen LogP contribution is 2.18. The summed E-state index contributed by atoms with van der Waals surface area (Å²) in [6, 6.07) is 8.73. The van der Waals surface area contributed by atoms with E-state index in [-0.39, 0.29) is 24.0 Å². The lowest BCUT2D eigenvalue weighted by Crippen LogP contribution is -2.47. The van der Waals surface area contributed by atoms with Crippen LogP contribution in [0, 0.1) is 0 Å². The van der Waals surface area contributed by atoms with Crippen molar-refractivity contribution in [1.29, 1.82) is 0 Å². The fourth-order valence-corrected chi connectivity index (χ4v) is 4.81. The lowest BCUT2D eigenvalue weighted by molar-refractivity contribution is -0.0721. The molecule has 4 rings (SSSR count). The topological polar surface area (TPSA) is 58.6 Å². The first-order valence-electron chi connectivity index (χ1n) is 12.4. The summed E-state index contributed by atoms with van der Waals surface area (Å²) in [5, 5.41) is 3.60. The number of rotatable bonds is 7. The number of hydrogen-bond donors (Lipinski definition) is 1. The Morgan fingerprint density at radius 3 is 2.48 bits per heavy atom. The quantitative estimate of drug-likeness (QED) is 0.308. The molecule has 0 aromatic heterocycles. The number of morpholine rings is 1. The minimum atomic E-state index is 0. The molecular formula is C25H41IN4O3. The standard InChI is InChI=1S/C25H40N4O3.HI/c1-26-25(29-11-9-23(10-12-29)32-20-24-8-4-5-15-31-24)27-18-21-6-2-3-7-22(21)19-28-13-16-30-17-14-28;/h2-3,6-7,23-24H,4-5,8-20H2,1H3,(H,26,27);1H. The predicted molar refractivity (Wildman–Crippen MR) is 142 cm³/mol. The van der Waals surface area contributed by atoms with Crippen molar-refractivity contribution in [1.82, 2.24) is 15.1 Å². The molecule has 0 spiro atoms. The van der Waals surface area contributed by atoms with E-state index < -0.39 is 0 Å². The van der Waals surface area contributed by atoms with Crippen LogP contribution in [-0.4, -0.2) is 87.6 Å². The van der Waals surface area contributed by atoms with E-state index in [2.05, 4.69) is 44.4 Å². The third kappa shape index (κ3) is 8.35. The summed E-state index contributed by atoms with van der Waals surface area (Å²) in [4.78, 5) is 9.40. The van der Waals surface area contributed by atoms with E-state index >= 15 is 0 Å². The Labute approximate surface area is 216 Å². The van der Waals surface area contributed by atoms with Gasteiger partial charge >= 0.3 is 0 Å². The summed E-state index contributed by atoms with van der Waals surface area (Å²) < 4.78 is 17.5. The van der Waals surface area contributed by atoms with Gasteiger partial charge in [-0.3, -0.25) is 9.89 Å². The minimum Gasteiger partial charge on any atom is -0.379 e. The summed E-state index contributed by atoms with van der Waals surface area (Å²) >= 11 is 0. The van der Waals surface area contributed by atoms with Crippen LogP contribution in [0.15, 0.2) is 29.3 Å². The first-order chi connectivity index (χ1) is 15.8. The molecule has 3 saturated heterocycles. The maximum atomic E-state index is 6.18. The van der Waals surface area contributed by atoms with Gasteiger partial charge < -0.3 is 24.4 Å². The van der Waals surface area contributed by atoms with E-state index in [1.54, 1.807) is 0 Å². The zero-order chi connectivity index (χ0) is 22.0. The third-order valence-electron chi connectivity index (χ3n) is 6.80. The molecule has 3 aliphatic rings. The monoisotopic (exact) mass is 572 g/mol. The molecule has 1 atom stereocenters. The largest absolute Gasteiger partial charge is 0.379 e. The van der Waals surface area contributed by atoms with Gasteiger partial charge in [-0.05, 0) is 43.2 Å². The van der Waals surface area contributed by atoms with Gasteiger partial charge in [-0.15, -0.1) is 24.0 Å². The van der Waals surface area contributed by atoms with Crippen molar-refractivity contribution in [3.8, 4) is 0 Å². The Morgan fingerprint density at radius 1 is 1.03 bits per heavy atom. The molecule has 0 amide bonds. The SMILES string of the molecule is CN=C(NCc1ccccc1CN1CCOCC1)N1CCC(OCC2CCCCO2)CC1.I. The van der Waals surface area contributed by atoms with Crippen LogP contribution in [0.2, 0.25) is 0 Å². The van der Waals surface area contributed by atoms with Crippen molar-refractivity contribution < 1.29 is 14.2 Å². The van der Waals surface area contributed by atoms with E-state index in [4.69, 9.17) is 14.2 Å². The molecule has 0 saturated carbocycles. The van der Waals surface area contributed by atoms with Gasteiger partial charge in [0.1, 0.15) is 0 Å². The fourth-order valence-electron chi connectivity index (χ4n) is 4.81. The highest BCUT2D eigenvalue weighted by atomic mass is 127. The van der Waals surface area contributed by atoms with E-state index in [0.29, 0.717) is 12.2 Å². The smallest absolute Gasteiger partial charge is 0.193 e. The molecule has 1 unspecified atom stereocenters. The van der Waals surface area contributed by atoms with Crippen LogP contribution in [0.4, 0.5) is 0 Å². The number of nitrogens with one attached hydrogen (secondary N) is 1. The van der Waals surface area contributed by atoms with Gasteiger partial charge in [-0.1, -0.05) is 24.3 Å². The van der Waals surface area contributed by atoms with Crippen LogP contribution in [0.25, 0.3) is 0 Å². The van der Waals surface area contributed by atoms with Gasteiger partial charge in [-0.25, -0.2) is 0 Å². The number of aliphatic imine (C=N–C) groups is 1. The molecule has 0 radical (unpaired) electrons. The number of ether oxygens (including phenoxy) is 3. The average molecular weight is 573 g/mol. The Hall–Kier alpha value is -0.940. The Morgan fingerprint density at radius 2 is 1.79 bits per heavy atom. The van der Waals surface area contributed by atoms with Gasteiger partial charge in [0.05, 0.1) is 32.0 Å². The van der Waals surface area contributed by atoms with Crippen LogP contribution < -0.4 is 5.32 Å². The van der Waals surface area contributed by atoms with Crippen molar-refractivity contribution in [2.75, 3.05) is 59.7 Å². The predicted octanol–water partition coefficient (Wildman–Crippen LogP) is 3.26. The molecular weight excluding hydrogens is 531 g/mol. The minimum absolute atomic E-state index is 0. The molecule has 7 nitrogen and oxygen atoms in total. The Balaban J connectivity index is 0.00000306. The summed E-state index contributed by atoms with van der Waals surface area (Å²) in [6.45, 7) is 9.05. The highest BCUT2D eigenvalue weighted by Gasteiger charge is 2.24. The second-order valence-corrected chi connectivity index (χ2v) is 9.07. The number of guanidine groups is 1. The zero-order valence-electron chi connectivity index (χ0n) is 20.0. The van der Waals surface area contributed by atoms with Crippen molar-refractivity contribution >= 4 is 29.9 Å². The Bertz CT molecular complexity index is 715. The number of benzene rings is 1. The number of likely N-dealkylation sites (tertiary alicyclic amines) is 1. The molecule has 8 heteroatoms. The van der Waals surface area contributed by atoms with Gasteiger partial charge in [-0.2, -0.15) is 0 Å². The van der Waals surface area contributed by atoms with Gasteiger partial charge in [0.25, 0.3) is 0 Å². The molecule has 33 heavy (non-hydrogen) atoms. The van der Waals surface area contributed by atoms with Crippen molar-refractivity contribution in [2.24, 2.45) is 4.99 Å². The van der Waals surface area contributed by atoms with Gasteiger partial charge in [0.15, 0.2) is 5.96 Å². The summed E-state index contributed by atoms with van der Waals surface area (Å²) in [5.41, 5.74) is 2.72. The second-order valence-electron chi connectivity index (χ2n) is 9.07. The zero-order valence-corrected chi connectivity index (χ0v) is 22.4. The second kappa shape index (κ2) is 14.5. The van der Waals surface area contributed by atoms with Crippen LogP contribution in [0.5, 0.6) is 0 Å². The van der Waals surface area contributed by atoms with Crippen LogP contribution in [0.3, 0.4) is 0 Å². The number of halogens is 1. The summed E-state index contributed by atoms with van der Waals surface area (Å²) in [6.07, 6.45) is 6.32. The molecule has 0 aliphatic carbocycles. The van der Waals surface area contributed by atoms with Crippen LogP contribution >= 0.6 is 24.0 Å². The van der Waals surface area contributed by atoms with Crippen molar-refractivity contribution in [3.05, 3.63) is 35.4 Å². The van der Waals surface area contributed by atoms with Crippen molar-refractivity contribution in [3.63, 3.8) is 0 Å². The average Bonchev–Trinajstić information content (AvgIpc) is 2.86. The lowest BCUT2D eigenvalue weighted by atomic mass is 10.1. The molecule has 1 N–H and O–H groups in total. The van der Waals surface area contributed by atoms with E-state index in [9.17, 15) is 0 Å². The molecule has 1 aromatic rings. The summed E-state index contributed by atoms with van der Waals surface area (Å²) in [5.74, 6) is 0.986. The normalized spacial score (nSPS) is 23.2. The maximum absolute atomic E-state index is 6.18. The van der Waals surface area contributed by atoms with E-state index in [0.717, 1.165) is 90.9 Å². The molecule has 0 bridgehead atoms. The summed E-state index contributed by atoms with van der Waals surface area (Å²) in [7, 11) is 1.88. The number of nitrogens with zero attached hydrogens (tertiary/aromatic N) is 3. The number of hydrogen-bond acceptors (Lipinski definition) is 5. The Kier molecular flexibility index (Phi) is 11.7. The number of piperidine rings is 1. The van der Waals surface area contributed by atoms with Gasteiger partial charge in [0, 0.05) is 52.9 Å². The van der Waals surface area contributed by atoms with Crippen molar-refractivity contribution in [2.45, 2.75) is 57.4 Å². The van der Waals surface area contributed by atoms with Gasteiger partial charge in [0.2, 0.25) is 0 Å². The molecule has 3 heterocycles. The molecule has 186 valence electrons. The first kappa shape index (κ1) is 26.7. The van der Waals surface area contributed by atoms with Crippen LogP contribution in [-0.2, 0) is 27.3 Å². The molecule has 3 aliphatic heterocycles. The van der Waals surface area contributed by atoms with Crippen LogP contribution in [0.1, 0.15) is 43.2 Å². The molecule has 3 fully saturated rings. The lowest BCUT2D eigenvalue weighted by Gasteiger charge is -2.35. The van der Waals surface area contributed by atoms with E-state index in [1.807, 2.05) is 7.05 Å². The maximum Gasteiger partial charge on any atom is 0.193 e. The molecule has 1 aromatic carbocycles. The first-order valence-corrected chi connectivity index (χ1v) is 12.4. The highest BCUT2D eigenvalue weighted by molar-refractivity contribution is 14.0. The fraction of sp³-hybridized carbons (Fsp3) is 0.720. The van der Waals surface area contributed by atoms with E-state index in [1.165, 1.54) is 24.0 Å². The third-order valence-corrected chi connectivity index (χ3v) is 6.80.